The summed E-state index contributed by atoms with van der Waals surface area (Å²) in [7, 11) is -3.21. The Morgan fingerprint density at radius 1 is 0.413 bits per heavy atom. The van der Waals surface area contributed by atoms with Gasteiger partial charge in [0.1, 0.15) is 61.9 Å². The average molecular weight is 1740 g/mol. The van der Waals surface area contributed by atoms with E-state index in [1.807, 2.05) is 104 Å². The van der Waals surface area contributed by atoms with E-state index in [-0.39, 0.29) is 52.9 Å². The Kier molecular flexibility index (Phi) is 36.6. The molecule has 0 amide bonds. The quantitative estimate of drug-likeness (QED) is 0.0441. The molecule has 0 aliphatic rings. The molecule has 0 fully saturated rings. The zero-order valence-electron chi connectivity index (χ0n) is 56.8. The zero-order chi connectivity index (χ0) is 75.7. The molecule has 10 aromatic rings. The van der Waals surface area contributed by atoms with E-state index in [9.17, 15) is 13.5 Å². The van der Waals surface area contributed by atoms with Gasteiger partial charge < -0.3 is 28.8 Å². The molecule has 0 unspecified atom stereocenters. The molecule has 16 nitrogen and oxygen atoms in total. The van der Waals surface area contributed by atoms with Gasteiger partial charge in [0, 0.05) is 58.3 Å². The first kappa shape index (κ1) is 89.0. The van der Waals surface area contributed by atoms with Gasteiger partial charge in [-0.05, 0) is 172 Å². The SMILES string of the molecule is C.CC(C)(c1ccc(O)cc1)c1cc(Cl)c(OCCCl)c(Cl)c1.CC(C)(c1ccc(OCc2ccnc(CS(C)(=O)=O)n2)cc1)c1cc(Cl)c(OCCCl)c(Cl)c1.CC(C)(c1ccc(OCc2ccnc(Cl)n2)cc1)c1cc(Cl)c(OCCCl)c(Cl)c1.Cc1ccnc(Cl)n1.Clc1nccc(CBr)n1. The molecule has 0 spiro atoms. The molecule has 0 radical (unpaired) electrons. The largest absolute Gasteiger partial charge is 0.508 e. The number of rotatable bonds is 24. The summed E-state index contributed by atoms with van der Waals surface area (Å²) in [4.78, 5) is 31.4. The van der Waals surface area contributed by atoms with Crippen LogP contribution in [0.1, 0.15) is 111 Å². The van der Waals surface area contributed by atoms with E-state index >= 15 is 0 Å². The van der Waals surface area contributed by atoms with Gasteiger partial charge in [0.05, 0.1) is 64.9 Å². The highest BCUT2D eigenvalue weighted by atomic mass is 79.9. The number of nitrogens with zero attached hydrogens (tertiary/aromatic N) is 8. The molecule has 0 aliphatic heterocycles. The number of benzene rings is 6. The maximum absolute atomic E-state index is 11.5. The number of phenols is 1. The van der Waals surface area contributed by atoms with Gasteiger partial charge in [0.2, 0.25) is 15.9 Å². The third-order valence-corrected chi connectivity index (χ3v) is 19.1. The third-order valence-electron chi connectivity index (χ3n) is 15.1. The maximum Gasteiger partial charge on any atom is 0.222 e. The van der Waals surface area contributed by atoms with Crippen molar-refractivity contribution in [3.63, 3.8) is 0 Å². The number of alkyl halides is 4. The highest BCUT2D eigenvalue weighted by Crippen LogP contribution is 2.44. The van der Waals surface area contributed by atoms with E-state index in [0.29, 0.717) is 119 Å². The smallest absolute Gasteiger partial charge is 0.222 e. The Morgan fingerprint density at radius 3 is 1.02 bits per heavy atom. The lowest BCUT2D eigenvalue weighted by atomic mass is 9.78. The molecule has 10 rings (SSSR count). The van der Waals surface area contributed by atoms with Crippen molar-refractivity contribution in [1.29, 1.82) is 0 Å². The summed E-state index contributed by atoms with van der Waals surface area (Å²) in [6.07, 6.45) is 7.53. The Bertz CT molecular complexity index is 4420. The van der Waals surface area contributed by atoms with E-state index in [1.54, 1.807) is 55.0 Å². The molecule has 556 valence electrons. The van der Waals surface area contributed by atoms with Gasteiger partial charge in [-0.2, -0.15) is 0 Å². The molecule has 0 saturated carbocycles. The van der Waals surface area contributed by atoms with Crippen LogP contribution in [0.4, 0.5) is 0 Å². The van der Waals surface area contributed by atoms with E-state index < -0.39 is 9.84 Å². The van der Waals surface area contributed by atoms with Gasteiger partial charge in [0.25, 0.3) is 0 Å². The van der Waals surface area contributed by atoms with Gasteiger partial charge in [-0.1, -0.05) is 171 Å². The van der Waals surface area contributed by atoms with Crippen LogP contribution in [0.5, 0.6) is 34.5 Å². The van der Waals surface area contributed by atoms with Crippen molar-refractivity contribution >= 4 is 165 Å². The van der Waals surface area contributed by atoms with Crippen LogP contribution < -0.4 is 23.7 Å². The summed E-state index contributed by atoms with van der Waals surface area (Å²) in [5.41, 5.74) is 8.11. The topological polar surface area (TPSA) is 204 Å². The van der Waals surface area contributed by atoms with Crippen LogP contribution in [0.2, 0.25) is 46.0 Å². The molecule has 0 atom stereocenters. The number of sulfone groups is 1. The first-order chi connectivity index (χ1) is 48.8. The van der Waals surface area contributed by atoms with Crippen LogP contribution >= 0.6 is 155 Å². The van der Waals surface area contributed by atoms with Crippen molar-refractivity contribution in [3.8, 4) is 34.5 Å². The Hall–Kier alpha value is -5.65. The fourth-order valence-corrected chi connectivity index (χ4v) is 12.8. The lowest BCUT2D eigenvalue weighted by molar-refractivity contribution is 0.300. The van der Waals surface area contributed by atoms with Crippen molar-refractivity contribution in [2.24, 2.45) is 0 Å². The average Bonchev–Trinajstić information content (AvgIpc) is 0.795. The minimum absolute atomic E-state index is 0. The molecule has 0 saturated heterocycles. The lowest BCUT2D eigenvalue weighted by Crippen LogP contribution is -2.19. The van der Waals surface area contributed by atoms with Crippen LogP contribution in [0, 0.1) is 6.92 Å². The molecule has 0 bridgehead atoms. The Balaban J connectivity index is 0.000000253. The fourth-order valence-electron chi connectivity index (χ4n) is 9.36. The second kappa shape index (κ2) is 42.8. The monoisotopic (exact) mass is 1730 g/mol. The third kappa shape index (κ3) is 27.9. The van der Waals surface area contributed by atoms with Gasteiger partial charge in [-0.15, -0.1) is 34.8 Å². The molecular formula is C74H75BrCl12N8O8S. The lowest BCUT2D eigenvalue weighted by Gasteiger charge is -2.27. The minimum Gasteiger partial charge on any atom is -0.508 e. The molecule has 0 aliphatic carbocycles. The molecule has 6 aromatic carbocycles. The van der Waals surface area contributed by atoms with Gasteiger partial charge >= 0.3 is 0 Å². The van der Waals surface area contributed by atoms with E-state index in [0.717, 1.165) is 62.1 Å². The summed E-state index contributed by atoms with van der Waals surface area (Å²) in [5.74, 6) is 4.06. The van der Waals surface area contributed by atoms with Crippen LogP contribution in [-0.4, -0.2) is 97.1 Å². The summed E-state index contributed by atoms with van der Waals surface area (Å²) in [6.45, 7) is 15.9. The highest BCUT2D eigenvalue weighted by molar-refractivity contribution is 9.08. The number of phenolic OH excluding ortho intramolecular Hbond substituents is 1. The number of aryl methyl sites for hydroxylation is 1. The van der Waals surface area contributed by atoms with E-state index in [4.69, 9.17) is 163 Å². The standard InChI is InChI=1S/C24H25Cl3N2O4S.C22H20Cl4N2O2.C17H17Cl3O2.C5H4BrClN2.C5H5ClN2.CH4/c1-24(2,17-12-20(26)23(21(27)13-17)32-11-9-25)16-4-6-19(7-5-16)33-14-18-8-10-28-22(29-18)15-34(3,30)31;1-22(2,15-11-18(24)20(19(25)12-15)29-10-8-23)14-3-5-17(6-4-14)30-13-16-7-9-27-21(26)28-16;1-17(2,11-3-5-13(21)6-4-11)12-9-14(19)16(15(20)10-12)22-8-7-18;6-3-4-1-2-8-5(7)9-4;1-4-2-3-7-5(6)8-4;/h4-8,10,12-13H,9,11,14-15H2,1-3H3;3-7,9,11-12H,8,10,13H2,1-2H3;3-6,9-10,21H,7-8H2,1-2H3;1-2H,3H2;2-3H,1H3;1H4. The number of ether oxygens (including phenoxy) is 5. The Labute approximate surface area is 676 Å². The predicted octanol–water partition coefficient (Wildman–Crippen LogP) is 22.6. The number of hydrogen-bond acceptors (Lipinski definition) is 16. The van der Waals surface area contributed by atoms with E-state index in [2.05, 4.69) is 97.3 Å². The summed E-state index contributed by atoms with van der Waals surface area (Å²) >= 11 is 75.2. The van der Waals surface area contributed by atoms with E-state index in [1.165, 1.54) is 6.20 Å². The highest BCUT2D eigenvalue weighted by Gasteiger charge is 2.29. The molecule has 104 heavy (non-hydrogen) atoms. The number of halogens is 13. The normalized spacial score (nSPS) is 11.2. The van der Waals surface area contributed by atoms with Crippen molar-refractivity contribution in [1.82, 2.24) is 39.9 Å². The van der Waals surface area contributed by atoms with Crippen molar-refractivity contribution in [3.05, 3.63) is 266 Å². The van der Waals surface area contributed by atoms with Gasteiger partial charge in [-0.25, -0.2) is 48.3 Å². The van der Waals surface area contributed by atoms with Crippen molar-refractivity contribution in [2.45, 2.75) is 96.4 Å². The molecular weight excluding hydrogens is 1670 g/mol. The summed E-state index contributed by atoms with van der Waals surface area (Å²) in [5, 5.41) is 13.6. The number of aromatic nitrogens is 8. The summed E-state index contributed by atoms with van der Waals surface area (Å²) in [6, 6.07) is 40.9. The number of aromatic hydroxyl groups is 1. The summed E-state index contributed by atoms with van der Waals surface area (Å²) < 4.78 is 51.1. The second-order valence-electron chi connectivity index (χ2n) is 23.7. The predicted molar refractivity (Wildman–Crippen MR) is 430 cm³/mol. The van der Waals surface area contributed by atoms with Crippen LogP contribution in [-0.2, 0) is 50.4 Å². The van der Waals surface area contributed by atoms with Crippen LogP contribution in [0.25, 0.3) is 0 Å². The first-order valence-electron chi connectivity index (χ1n) is 31.0. The zero-order valence-corrected chi connectivity index (χ0v) is 68.3. The first-order valence-corrected chi connectivity index (χ1v) is 39.2. The van der Waals surface area contributed by atoms with Gasteiger partial charge in [0.15, 0.2) is 27.1 Å². The minimum atomic E-state index is -3.21. The fraction of sp³-hybridized carbons (Fsp3) is 0.297. The second-order valence-corrected chi connectivity index (χ2v) is 31.0. The van der Waals surface area contributed by atoms with Crippen molar-refractivity contribution in [2.75, 3.05) is 43.7 Å². The molecule has 1 N–H and O–H groups in total. The van der Waals surface area contributed by atoms with Gasteiger partial charge in [-0.3, -0.25) is 0 Å². The van der Waals surface area contributed by atoms with Crippen LogP contribution in [0.15, 0.2) is 158 Å². The molecule has 30 heteroatoms. The molecule has 4 heterocycles. The van der Waals surface area contributed by atoms with Crippen molar-refractivity contribution < 1.29 is 37.2 Å². The van der Waals surface area contributed by atoms with Crippen LogP contribution in [0.3, 0.4) is 0 Å². The maximum atomic E-state index is 11.5. The number of hydrogen-bond donors (Lipinski definition) is 1. The molecule has 4 aromatic heterocycles. The Morgan fingerprint density at radius 2 is 0.721 bits per heavy atom.